The van der Waals surface area contributed by atoms with Gasteiger partial charge in [0.15, 0.2) is 0 Å². The zero-order valence-electron chi connectivity index (χ0n) is 9.02. The first-order valence-corrected chi connectivity index (χ1v) is 6.63. The third-order valence-corrected chi connectivity index (χ3v) is 2.69. The van der Waals surface area contributed by atoms with Crippen molar-refractivity contribution in [1.29, 1.82) is 0 Å². The number of nitrogens with one attached hydrogen (secondary N) is 1. The van der Waals surface area contributed by atoms with Crippen molar-refractivity contribution in [3.8, 4) is 0 Å². The maximum atomic E-state index is 11.2. The highest BCUT2D eigenvalue weighted by Crippen LogP contribution is 1.89. The summed E-state index contributed by atoms with van der Waals surface area (Å²) >= 11 is 0. The molecule has 0 spiro atoms. The molecule has 6 nitrogen and oxygen atoms in total. The quantitative estimate of drug-likeness (QED) is 0.563. The summed E-state index contributed by atoms with van der Waals surface area (Å²) in [5.41, 5.74) is 5.51. The lowest BCUT2D eigenvalue weighted by Crippen LogP contribution is -2.42. The minimum Gasteiger partial charge on any atom is -0.385 e. The molecule has 0 bridgehead atoms. The maximum Gasteiger partial charge on any atom is 0.237 e. The van der Waals surface area contributed by atoms with Crippen molar-refractivity contribution < 1.29 is 17.9 Å². The monoisotopic (exact) mass is 238 g/mol. The Bertz CT molecular complexity index is 289. The zero-order valence-corrected chi connectivity index (χ0v) is 9.84. The molecule has 15 heavy (non-hydrogen) atoms. The number of amides is 1. The smallest absolute Gasteiger partial charge is 0.237 e. The number of ether oxygens (including phenoxy) is 1. The highest BCUT2D eigenvalue weighted by molar-refractivity contribution is 7.90. The predicted octanol–water partition coefficient (Wildman–Crippen LogP) is -1.49. The van der Waals surface area contributed by atoms with E-state index in [0.29, 0.717) is 13.0 Å². The number of carbonyl (C=O) groups is 1. The van der Waals surface area contributed by atoms with Gasteiger partial charge in [-0.2, -0.15) is 0 Å². The summed E-state index contributed by atoms with van der Waals surface area (Å²) in [5.74, 6) is -0.425. The fourth-order valence-corrected chi connectivity index (χ4v) is 1.34. The fourth-order valence-electron chi connectivity index (χ4n) is 0.867. The number of methoxy groups -OCH3 is 1. The molecule has 3 N–H and O–H groups in total. The lowest BCUT2D eigenvalue weighted by atomic mass is 10.2. The van der Waals surface area contributed by atoms with Crippen molar-refractivity contribution in [1.82, 2.24) is 5.32 Å². The molecule has 0 aromatic rings. The second-order valence-corrected chi connectivity index (χ2v) is 5.57. The van der Waals surface area contributed by atoms with E-state index in [1.807, 2.05) is 0 Å². The molecule has 1 amide bonds. The summed E-state index contributed by atoms with van der Waals surface area (Å²) in [6.45, 7) is 0.499. The molecule has 0 fully saturated rings. The summed E-state index contributed by atoms with van der Waals surface area (Å²) in [4.78, 5) is 11.2. The van der Waals surface area contributed by atoms with Crippen LogP contribution >= 0.6 is 0 Å². The van der Waals surface area contributed by atoms with E-state index in [1.54, 1.807) is 0 Å². The van der Waals surface area contributed by atoms with Gasteiger partial charge in [-0.05, 0) is 6.42 Å². The van der Waals surface area contributed by atoms with Crippen molar-refractivity contribution >= 4 is 15.7 Å². The van der Waals surface area contributed by atoms with Crippen molar-refractivity contribution in [2.24, 2.45) is 5.73 Å². The zero-order chi connectivity index (χ0) is 11.9. The number of rotatable bonds is 7. The van der Waals surface area contributed by atoms with Gasteiger partial charge < -0.3 is 15.8 Å². The largest absolute Gasteiger partial charge is 0.385 e. The summed E-state index contributed by atoms with van der Waals surface area (Å²) in [6.07, 6.45) is 1.53. The highest BCUT2D eigenvalue weighted by atomic mass is 32.2. The van der Waals surface area contributed by atoms with Crippen LogP contribution in [0, 0.1) is 0 Å². The van der Waals surface area contributed by atoms with Gasteiger partial charge >= 0.3 is 0 Å². The van der Waals surface area contributed by atoms with Gasteiger partial charge in [-0.25, -0.2) is 8.42 Å². The molecule has 7 heteroatoms. The van der Waals surface area contributed by atoms with E-state index in [0.717, 1.165) is 6.26 Å². The van der Waals surface area contributed by atoms with Crippen molar-refractivity contribution in [3.63, 3.8) is 0 Å². The maximum absolute atomic E-state index is 11.2. The molecule has 0 saturated heterocycles. The number of carbonyl (C=O) groups excluding carboxylic acids is 1. The molecule has 0 aromatic carbocycles. The van der Waals surface area contributed by atoms with E-state index in [-0.39, 0.29) is 18.2 Å². The predicted molar refractivity (Wildman–Crippen MR) is 57.2 cm³/mol. The lowest BCUT2D eigenvalue weighted by molar-refractivity contribution is -0.122. The summed E-state index contributed by atoms with van der Waals surface area (Å²) in [7, 11) is -1.52. The molecule has 0 aliphatic carbocycles. The average molecular weight is 238 g/mol. The Morgan fingerprint density at radius 2 is 2.13 bits per heavy atom. The van der Waals surface area contributed by atoms with Gasteiger partial charge in [0.05, 0.1) is 11.8 Å². The SMILES string of the molecule is COCCC(N)C(=O)NCCS(C)(=O)=O. The fraction of sp³-hybridized carbons (Fsp3) is 0.875. The van der Waals surface area contributed by atoms with Crippen LogP contribution in [-0.2, 0) is 19.4 Å². The van der Waals surface area contributed by atoms with Gasteiger partial charge in [0.2, 0.25) is 5.91 Å². The van der Waals surface area contributed by atoms with Crippen molar-refractivity contribution in [2.45, 2.75) is 12.5 Å². The first-order chi connectivity index (χ1) is 6.87. The number of hydrogen-bond donors (Lipinski definition) is 2. The number of sulfone groups is 1. The summed E-state index contributed by atoms with van der Waals surface area (Å²) in [5, 5.41) is 2.45. The van der Waals surface area contributed by atoms with E-state index in [4.69, 9.17) is 10.5 Å². The van der Waals surface area contributed by atoms with Gasteiger partial charge in [0, 0.05) is 26.5 Å². The molecule has 0 aliphatic heterocycles. The van der Waals surface area contributed by atoms with E-state index >= 15 is 0 Å². The van der Waals surface area contributed by atoms with Crippen LogP contribution in [0.4, 0.5) is 0 Å². The standard InChI is InChI=1S/C8H18N2O4S/c1-14-5-3-7(9)8(11)10-4-6-15(2,12)13/h7H,3-6,9H2,1-2H3,(H,10,11). The van der Waals surface area contributed by atoms with Gasteiger partial charge in [0.25, 0.3) is 0 Å². The summed E-state index contributed by atoms with van der Waals surface area (Å²) < 4.78 is 26.3. The molecule has 90 valence electrons. The van der Waals surface area contributed by atoms with Crippen LogP contribution < -0.4 is 11.1 Å². The highest BCUT2D eigenvalue weighted by Gasteiger charge is 2.12. The molecule has 0 heterocycles. The third-order valence-electron chi connectivity index (χ3n) is 1.74. The van der Waals surface area contributed by atoms with E-state index in [2.05, 4.69) is 5.32 Å². The van der Waals surface area contributed by atoms with Crippen LogP contribution in [0.3, 0.4) is 0 Å². The van der Waals surface area contributed by atoms with Crippen LogP contribution in [-0.4, -0.2) is 52.6 Å². The van der Waals surface area contributed by atoms with Crippen LogP contribution in [0.15, 0.2) is 0 Å². The number of hydrogen-bond acceptors (Lipinski definition) is 5. The van der Waals surface area contributed by atoms with Gasteiger partial charge in [0.1, 0.15) is 9.84 Å². The lowest BCUT2D eigenvalue weighted by Gasteiger charge is -2.10. The van der Waals surface area contributed by atoms with Crippen LogP contribution in [0.25, 0.3) is 0 Å². The molecular weight excluding hydrogens is 220 g/mol. The Morgan fingerprint density at radius 1 is 1.53 bits per heavy atom. The molecule has 0 rings (SSSR count). The molecule has 0 aromatic heterocycles. The number of nitrogens with two attached hydrogens (primary N) is 1. The third kappa shape index (κ3) is 8.34. The average Bonchev–Trinajstić information content (AvgIpc) is 2.11. The second kappa shape index (κ2) is 6.76. The molecule has 1 unspecified atom stereocenters. The second-order valence-electron chi connectivity index (χ2n) is 3.31. The minimum absolute atomic E-state index is 0.0737. The molecule has 0 aliphatic rings. The van der Waals surface area contributed by atoms with Crippen LogP contribution in [0.2, 0.25) is 0 Å². The van der Waals surface area contributed by atoms with Crippen LogP contribution in [0.5, 0.6) is 0 Å². The normalized spacial score (nSPS) is 13.5. The first-order valence-electron chi connectivity index (χ1n) is 4.57. The summed E-state index contributed by atoms with van der Waals surface area (Å²) in [6, 6.07) is -0.649. The Balaban J connectivity index is 3.74. The minimum atomic E-state index is -3.04. The van der Waals surface area contributed by atoms with Gasteiger partial charge in [-0.15, -0.1) is 0 Å². The van der Waals surface area contributed by atoms with E-state index in [9.17, 15) is 13.2 Å². The van der Waals surface area contributed by atoms with Gasteiger partial charge in [-0.3, -0.25) is 4.79 Å². The topological polar surface area (TPSA) is 98.5 Å². The van der Waals surface area contributed by atoms with Crippen LogP contribution in [0.1, 0.15) is 6.42 Å². The molecule has 0 radical (unpaired) electrons. The Kier molecular flexibility index (Phi) is 6.46. The Morgan fingerprint density at radius 3 is 2.60 bits per heavy atom. The van der Waals surface area contributed by atoms with E-state index < -0.39 is 15.9 Å². The molecule has 1 atom stereocenters. The molecular formula is C8H18N2O4S. The van der Waals surface area contributed by atoms with Crippen molar-refractivity contribution in [3.05, 3.63) is 0 Å². The molecule has 0 saturated carbocycles. The Labute approximate surface area is 90.1 Å². The Hall–Kier alpha value is -0.660. The van der Waals surface area contributed by atoms with E-state index in [1.165, 1.54) is 7.11 Å². The first kappa shape index (κ1) is 14.3. The van der Waals surface area contributed by atoms with Gasteiger partial charge in [-0.1, -0.05) is 0 Å². The van der Waals surface area contributed by atoms with Crippen molar-refractivity contribution in [2.75, 3.05) is 32.3 Å².